The van der Waals surface area contributed by atoms with E-state index in [1.807, 2.05) is 176 Å². The third kappa shape index (κ3) is 20.5. The number of rotatable bonds is 23. The summed E-state index contributed by atoms with van der Waals surface area (Å²) in [6.45, 7) is -3.74. The molecule has 0 fully saturated rings. The molecule has 8 aromatic carbocycles. The number of fused-ring (bicyclic) bond motifs is 8. The van der Waals surface area contributed by atoms with Crippen molar-refractivity contribution in [2.24, 2.45) is 14.1 Å². The van der Waals surface area contributed by atoms with Crippen LogP contribution in [0.2, 0.25) is 0 Å². The van der Waals surface area contributed by atoms with Crippen molar-refractivity contribution in [1.29, 1.82) is 0 Å². The molecule has 12 heterocycles. The fourth-order valence-corrected chi connectivity index (χ4v) is 17.4. The molecular formula is C97H77Br2F8N21O9S2. The number of pyridine rings is 4. The van der Waals surface area contributed by atoms with Gasteiger partial charge in [-0.05, 0) is 188 Å². The summed E-state index contributed by atoms with van der Waals surface area (Å²) in [5.41, 5.74) is 14.0. The average molecular weight is 2060 g/mol. The Balaban J connectivity index is 0.000000129. The maximum Gasteiger partial charge on any atom is 0.387 e. The van der Waals surface area contributed by atoms with E-state index in [0.717, 1.165) is 68.4 Å². The van der Waals surface area contributed by atoms with Crippen LogP contribution >= 0.6 is 54.5 Å². The van der Waals surface area contributed by atoms with Gasteiger partial charge in [0, 0.05) is 94.3 Å². The molecule has 0 amide bonds. The average Bonchev–Trinajstić information content (AvgIpc) is 1.34. The first-order valence-corrected chi connectivity index (χ1v) is 45.6. The van der Waals surface area contributed by atoms with Gasteiger partial charge < -0.3 is 38.4 Å². The predicted octanol–water partition coefficient (Wildman–Crippen LogP) is 19.8. The number of alkyl halides is 8. The molecule has 20 rings (SSSR count). The molecular weight excluding hydrogens is 1980 g/mol. The highest BCUT2D eigenvalue weighted by atomic mass is 79.9. The lowest BCUT2D eigenvalue weighted by Gasteiger charge is -2.15. The molecule has 20 aromatic rings. The summed E-state index contributed by atoms with van der Waals surface area (Å²) >= 11 is 9.85. The first-order chi connectivity index (χ1) is 66.7. The first kappa shape index (κ1) is 95.2. The lowest BCUT2D eigenvalue weighted by molar-refractivity contribution is -0.0505. The number of benzene rings is 8. The van der Waals surface area contributed by atoms with E-state index in [1.54, 1.807) is 93.2 Å². The van der Waals surface area contributed by atoms with Gasteiger partial charge in [0.2, 0.25) is 17.6 Å². The molecule has 0 atom stereocenters. The van der Waals surface area contributed by atoms with Gasteiger partial charge in [0.1, 0.15) is 73.1 Å². The van der Waals surface area contributed by atoms with E-state index in [2.05, 4.69) is 102 Å². The predicted molar refractivity (Wildman–Crippen MR) is 528 cm³/mol. The van der Waals surface area contributed by atoms with Gasteiger partial charge in [-0.15, -0.1) is 22.7 Å². The molecule has 30 nitrogen and oxygen atoms in total. The molecule has 0 bridgehead atoms. The zero-order chi connectivity index (χ0) is 98.1. The van der Waals surface area contributed by atoms with Crippen molar-refractivity contribution >= 4 is 158 Å². The Morgan fingerprint density at radius 3 is 0.986 bits per heavy atom. The maximum absolute atomic E-state index is 14.0. The second kappa shape index (κ2) is 40.4. The van der Waals surface area contributed by atoms with Crippen LogP contribution in [0.4, 0.5) is 52.6 Å². The highest BCUT2D eigenvalue weighted by Crippen LogP contribution is 2.37. The zero-order valence-corrected chi connectivity index (χ0v) is 79.7. The Bertz CT molecular complexity index is 8300. The molecule has 0 saturated carbocycles. The van der Waals surface area contributed by atoms with E-state index in [1.165, 1.54) is 96.0 Å². The number of ether oxygens (including phenoxy) is 5. The SMILES string of the molecule is CC(C)Oc1ccc2nn(-c3ccc4ncsc4c3)c(=O)c(-c3ccc(Br)cc3)c2n1.CN(C)c1c2cc(-n3nc4ccc(OCC(F)F)nc4c(-c4ccc(OC(F)F)cc4)c3=O)ccc2nn1C.CN(C)c1ccc2nn(-c3ccc4nn(C)c(N(C)C)c4c3)c(=O)c(-c3ccc(OC(F)F)cc3)c2n1.O=c1c(-c2ccc(Br)cc2)c2nc(OCC(F)F)ccc2nn1-c1ccc2ncsc2c1. The molecule has 0 radical (unpaired) electrons. The summed E-state index contributed by atoms with van der Waals surface area (Å²) in [6.07, 6.45) is -5.38. The molecule has 0 aliphatic rings. The summed E-state index contributed by atoms with van der Waals surface area (Å²) in [4.78, 5) is 87.3. The minimum absolute atomic E-state index is 0.00110. The molecule has 12 aromatic heterocycles. The highest BCUT2D eigenvalue weighted by molar-refractivity contribution is 9.10. The number of thiazole rings is 2. The zero-order valence-electron chi connectivity index (χ0n) is 74.9. The Kier molecular flexibility index (Phi) is 27.7. The van der Waals surface area contributed by atoms with Gasteiger partial charge in [-0.25, -0.2) is 47.5 Å². The minimum atomic E-state index is -3.01. The topological polar surface area (TPSA) is 308 Å². The third-order valence-corrected chi connectivity index (χ3v) is 24.0. The van der Waals surface area contributed by atoms with Crippen LogP contribution < -0.4 is 60.6 Å². The van der Waals surface area contributed by atoms with Crippen LogP contribution in [0.3, 0.4) is 0 Å². The standard InChI is InChI=1S/C26H22F4N6O3.C26H25F2N7O2.C23H17BrN4O2S.C22H13BrF2N4O2S/c1-34(2)24-17-12-15(6-9-18(17)32-35(24)3)36-25(37)22(14-4-7-16(8-5-14)39-26(29)30)23-19(33-36)10-11-21(31-23)38-13-20(27)28;1-32(2)21-13-12-20-23(29-21)22(15-6-9-17(10-7-15)37-26(27)28)25(36)35(31-20)16-8-11-19-18(14-16)24(33(3)4)34(5)30-19;1-13(2)30-20-10-9-18-22(26-20)21(14-3-5-15(24)6-4-14)23(29)28(27-18)16-7-8-17-19(11-16)31-12-25-17;23-13-3-1-12(2-4-13)20-21-16(7-8-19(27-21)31-10-18(24)25)28-29(22(20)30)14-5-6-15-17(9-14)32-11-26-15/h4-12,20,26H,13H2,1-3H3;6-14,26H,1-5H3;3-13H,1-2H3;1-9,11,18H,10H2. The number of hydrogen-bond acceptors (Lipinski definition) is 26. The Labute approximate surface area is 807 Å². The molecule has 0 N–H and O–H groups in total. The Morgan fingerprint density at radius 1 is 0.345 bits per heavy atom. The molecule has 0 aliphatic heterocycles. The maximum atomic E-state index is 14.0. The second-order valence-corrected chi connectivity index (χ2v) is 35.4. The van der Waals surface area contributed by atoms with E-state index >= 15 is 0 Å². The van der Waals surface area contributed by atoms with Crippen LogP contribution in [0, 0.1) is 0 Å². The van der Waals surface area contributed by atoms with Crippen molar-refractivity contribution in [2.75, 3.05) is 70.2 Å². The van der Waals surface area contributed by atoms with Gasteiger partial charge in [0.25, 0.3) is 35.1 Å². The smallest absolute Gasteiger partial charge is 0.387 e. The lowest BCUT2D eigenvalue weighted by atomic mass is 10.1. The van der Waals surface area contributed by atoms with Gasteiger partial charge in [-0.2, -0.15) is 66.9 Å². The Hall–Kier alpha value is -15.6. The van der Waals surface area contributed by atoms with Gasteiger partial charge in [-0.1, -0.05) is 80.4 Å². The summed E-state index contributed by atoms with van der Waals surface area (Å²) in [5.74, 6) is 2.60. The molecule has 706 valence electrons. The lowest BCUT2D eigenvalue weighted by Crippen LogP contribution is -2.24. The van der Waals surface area contributed by atoms with E-state index in [-0.39, 0.29) is 62.6 Å². The van der Waals surface area contributed by atoms with Crippen molar-refractivity contribution in [2.45, 2.75) is 46.0 Å². The fraction of sp³-hybridized carbons (Fsp3) is 0.175. The van der Waals surface area contributed by atoms with Gasteiger partial charge in [-0.3, -0.25) is 28.5 Å². The van der Waals surface area contributed by atoms with Crippen LogP contribution in [0.15, 0.2) is 258 Å². The van der Waals surface area contributed by atoms with Crippen molar-refractivity contribution in [3.05, 3.63) is 280 Å². The fourth-order valence-electron chi connectivity index (χ4n) is 15.5. The van der Waals surface area contributed by atoms with Crippen LogP contribution in [-0.2, 0) is 14.1 Å². The van der Waals surface area contributed by atoms with E-state index < -0.39 is 50.4 Å². The molecule has 42 heteroatoms. The minimum Gasteiger partial charge on any atom is -0.475 e. The number of nitrogens with zero attached hydrogens (tertiary/aromatic N) is 21. The van der Waals surface area contributed by atoms with E-state index in [4.69, 9.17) is 14.2 Å². The van der Waals surface area contributed by atoms with Gasteiger partial charge >= 0.3 is 13.2 Å². The largest absolute Gasteiger partial charge is 0.475 e. The van der Waals surface area contributed by atoms with E-state index in [0.29, 0.717) is 95.4 Å². The quantitative estimate of drug-likeness (QED) is 0.0537. The third-order valence-electron chi connectivity index (χ3n) is 21.4. The monoisotopic (exact) mass is 2050 g/mol. The second-order valence-electron chi connectivity index (χ2n) is 31.8. The summed E-state index contributed by atoms with van der Waals surface area (Å²) < 4.78 is 138. The van der Waals surface area contributed by atoms with Gasteiger partial charge in [0.05, 0.1) is 93.6 Å². The van der Waals surface area contributed by atoms with Crippen LogP contribution in [-0.4, -0.2) is 176 Å². The molecule has 0 unspecified atom stereocenters. The van der Waals surface area contributed by atoms with Crippen molar-refractivity contribution in [3.8, 4) is 96.4 Å². The van der Waals surface area contributed by atoms with Crippen LogP contribution in [0.1, 0.15) is 13.8 Å². The number of hydrogen-bond donors (Lipinski definition) is 0. The molecule has 0 saturated heterocycles. The van der Waals surface area contributed by atoms with Crippen LogP contribution in [0.25, 0.3) is 154 Å². The van der Waals surface area contributed by atoms with Crippen molar-refractivity contribution in [1.82, 2.24) is 88.6 Å². The molecule has 139 heavy (non-hydrogen) atoms. The number of aryl methyl sites for hydroxylation is 2. The molecule has 0 aliphatic carbocycles. The van der Waals surface area contributed by atoms with E-state index in [9.17, 15) is 54.3 Å². The van der Waals surface area contributed by atoms with Crippen molar-refractivity contribution in [3.63, 3.8) is 0 Å². The number of aromatic nitrogens is 18. The number of halogens is 10. The summed E-state index contributed by atoms with van der Waals surface area (Å²) in [6, 6.07) is 61.3. The van der Waals surface area contributed by atoms with Crippen LogP contribution in [0.5, 0.6) is 29.1 Å². The highest BCUT2D eigenvalue weighted by Gasteiger charge is 2.27. The van der Waals surface area contributed by atoms with Gasteiger partial charge in [0.15, 0.2) is 13.2 Å². The molecule has 0 spiro atoms. The Morgan fingerprint density at radius 2 is 0.655 bits per heavy atom. The summed E-state index contributed by atoms with van der Waals surface area (Å²) in [5, 5.41) is 28.9. The van der Waals surface area contributed by atoms with Crippen molar-refractivity contribution < 1.29 is 58.8 Å². The number of anilines is 3. The summed E-state index contributed by atoms with van der Waals surface area (Å²) in [7, 11) is 15.0. The first-order valence-electron chi connectivity index (χ1n) is 42.3. The normalized spacial score (nSPS) is 11.5.